The highest BCUT2D eigenvalue weighted by atomic mass is 16.5. The number of carbonyl (C=O) groups excluding carboxylic acids is 1. The second-order valence-corrected chi connectivity index (χ2v) is 7.63. The molecule has 24 heavy (non-hydrogen) atoms. The van der Waals surface area contributed by atoms with Crippen LogP contribution in [0.2, 0.25) is 0 Å². The van der Waals surface area contributed by atoms with Crippen LogP contribution in [0.1, 0.15) is 38.5 Å². The summed E-state index contributed by atoms with van der Waals surface area (Å²) in [6.45, 7) is 4.83. The van der Waals surface area contributed by atoms with Crippen LogP contribution in [0.4, 0.5) is 5.69 Å². The summed E-state index contributed by atoms with van der Waals surface area (Å²) in [5, 5.41) is 0. The normalized spacial score (nSPS) is 28.2. The summed E-state index contributed by atoms with van der Waals surface area (Å²) in [4.78, 5) is 17.5. The fourth-order valence-corrected chi connectivity index (χ4v) is 4.67. The van der Waals surface area contributed by atoms with Gasteiger partial charge in [-0.25, -0.2) is 0 Å². The first-order valence-corrected chi connectivity index (χ1v) is 9.46. The van der Waals surface area contributed by atoms with Crippen molar-refractivity contribution in [3.63, 3.8) is 0 Å². The maximum Gasteiger partial charge on any atom is 0.244 e. The van der Waals surface area contributed by atoms with Gasteiger partial charge in [-0.2, -0.15) is 0 Å². The van der Waals surface area contributed by atoms with E-state index in [1.54, 1.807) is 0 Å². The molecule has 3 aliphatic rings. The average Bonchev–Trinajstić information content (AvgIpc) is 2.64. The number of anilines is 1. The first-order valence-electron chi connectivity index (χ1n) is 9.46. The number of carbonyl (C=O) groups is 1. The van der Waals surface area contributed by atoms with Crippen molar-refractivity contribution >= 4 is 11.6 Å². The zero-order valence-electron chi connectivity index (χ0n) is 14.5. The van der Waals surface area contributed by atoms with Crippen LogP contribution in [0.3, 0.4) is 0 Å². The Morgan fingerprint density at radius 3 is 2.38 bits per heavy atom. The third-order valence-corrected chi connectivity index (χ3v) is 6.33. The highest BCUT2D eigenvalue weighted by Crippen LogP contribution is 2.41. The minimum atomic E-state index is 0.0798. The highest BCUT2D eigenvalue weighted by molar-refractivity contribution is 5.97. The van der Waals surface area contributed by atoms with Crippen LogP contribution in [-0.2, 0) is 9.53 Å². The average molecular weight is 328 g/mol. The summed E-state index contributed by atoms with van der Waals surface area (Å²) in [5.41, 5.74) is 1.54. The monoisotopic (exact) mass is 328 g/mol. The van der Waals surface area contributed by atoms with E-state index in [4.69, 9.17) is 4.74 Å². The van der Waals surface area contributed by atoms with Crippen LogP contribution in [0.25, 0.3) is 0 Å². The lowest BCUT2D eigenvalue weighted by Crippen LogP contribution is -2.55. The van der Waals surface area contributed by atoms with Crippen LogP contribution in [0.15, 0.2) is 30.3 Å². The lowest BCUT2D eigenvalue weighted by molar-refractivity contribution is -0.127. The summed E-state index contributed by atoms with van der Waals surface area (Å²) < 4.78 is 5.55. The highest BCUT2D eigenvalue weighted by Gasteiger charge is 2.40. The molecule has 1 aromatic carbocycles. The van der Waals surface area contributed by atoms with Gasteiger partial charge in [0.2, 0.25) is 5.91 Å². The summed E-state index contributed by atoms with van der Waals surface area (Å²) in [6.07, 6.45) is 6.97. The molecule has 0 bridgehead atoms. The number of rotatable bonds is 2. The molecule has 4 heteroatoms. The zero-order chi connectivity index (χ0) is 16.4. The minimum absolute atomic E-state index is 0.0798. The molecule has 3 fully saturated rings. The third kappa shape index (κ3) is 3.09. The van der Waals surface area contributed by atoms with Gasteiger partial charge in [0.15, 0.2) is 0 Å². The Balaban J connectivity index is 1.42. The van der Waals surface area contributed by atoms with Crippen molar-refractivity contribution in [1.82, 2.24) is 4.90 Å². The summed E-state index contributed by atoms with van der Waals surface area (Å²) in [5.74, 6) is 0.301. The quantitative estimate of drug-likeness (QED) is 0.836. The van der Waals surface area contributed by atoms with Crippen LogP contribution >= 0.6 is 0 Å². The predicted molar refractivity (Wildman–Crippen MR) is 95.1 cm³/mol. The number of likely N-dealkylation sites (tertiary alicyclic amines) is 1. The molecule has 4 nitrogen and oxygen atoms in total. The van der Waals surface area contributed by atoms with Crippen molar-refractivity contribution in [3.05, 3.63) is 30.3 Å². The van der Waals surface area contributed by atoms with Crippen molar-refractivity contribution in [3.8, 4) is 0 Å². The molecule has 3 heterocycles. The first kappa shape index (κ1) is 16.1. The molecule has 0 radical (unpaired) electrons. The van der Waals surface area contributed by atoms with E-state index in [0.29, 0.717) is 11.3 Å². The van der Waals surface area contributed by atoms with Crippen LogP contribution < -0.4 is 4.90 Å². The van der Waals surface area contributed by atoms with Crippen molar-refractivity contribution in [2.45, 2.75) is 44.6 Å². The van der Waals surface area contributed by atoms with Crippen LogP contribution in [-0.4, -0.2) is 49.7 Å². The van der Waals surface area contributed by atoms with E-state index >= 15 is 0 Å². The molecule has 1 atom stereocenters. The lowest BCUT2D eigenvalue weighted by Gasteiger charge is -2.47. The third-order valence-electron chi connectivity index (χ3n) is 6.33. The lowest BCUT2D eigenvalue weighted by atomic mass is 9.72. The van der Waals surface area contributed by atoms with Gasteiger partial charge < -0.3 is 9.64 Å². The maximum absolute atomic E-state index is 13.1. The smallest absolute Gasteiger partial charge is 0.244 e. The molecule has 130 valence electrons. The number of piperidine rings is 2. The van der Waals surface area contributed by atoms with Gasteiger partial charge in [0.25, 0.3) is 0 Å². The Bertz CT molecular complexity index is 558. The van der Waals surface area contributed by atoms with Gasteiger partial charge in [-0.05, 0) is 69.2 Å². The number of hydrogen-bond donors (Lipinski definition) is 0. The summed E-state index contributed by atoms with van der Waals surface area (Å²) in [6, 6.07) is 10.2. The Morgan fingerprint density at radius 1 is 0.958 bits per heavy atom. The molecule has 1 aromatic rings. The standard InChI is InChI=1S/C20H28N2O2/c23-19-18(7-4-12-22(19)17-5-2-1-3-6-17)21-13-8-20(9-14-21)10-15-24-16-11-20/h1-3,5-6,18H,4,7-16H2. The largest absolute Gasteiger partial charge is 0.381 e. The van der Waals surface area contributed by atoms with Crippen molar-refractivity contribution in [2.75, 3.05) is 37.7 Å². The fraction of sp³-hybridized carbons (Fsp3) is 0.650. The molecule has 1 unspecified atom stereocenters. The molecule has 3 aliphatic heterocycles. The predicted octanol–water partition coefficient (Wildman–Crippen LogP) is 3.07. The Hall–Kier alpha value is -1.39. The van der Waals surface area contributed by atoms with Crippen molar-refractivity contribution < 1.29 is 9.53 Å². The van der Waals surface area contributed by atoms with Gasteiger partial charge in [-0.15, -0.1) is 0 Å². The number of amides is 1. The van der Waals surface area contributed by atoms with Gasteiger partial charge in [0, 0.05) is 25.4 Å². The van der Waals surface area contributed by atoms with Gasteiger partial charge in [-0.3, -0.25) is 9.69 Å². The zero-order valence-corrected chi connectivity index (χ0v) is 14.5. The van der Waals surface area contributed by atoms with Crippen LogP contribution in [0, 0.1) is 5.41 Å². The van der Waals surface area contributed by atoms with E-state index in [1.807, 2.05) is 35.2 Å². The van der Waals surface area contributed by atoms with Crippen molar-refractivity contribution in [2.24, 2.45) is 5.41 Å². The number of benzene rings is 1. The Morgan fingerprint density at radius 2 is 1.67 bits per heavy atom. The first-order chi connectivity index (χ1) is 11.8. The minimum Gasteiger partial charge on any atom is -0.381 e. The molecule has 4 rings (SSSR count). The Labute approximate surface area is 144 Å². The van der Waals surface area contributed by atoms with Crippen LogP contribution in [0.5, 0.6) is 0 Å². The second kappa shape index (κ2) is 6.85. The fourth-order valence-electron chi connectivity index (χ4n) is 4.67. The molecule has 1 spiro atoms. The molecular formula is C20H28N2O2. The van der Waals surface area contributed by atoms with Gasteiger partial charge in [0.05, 0.1) is 6.04 Å². The van der Waals surface area contributed by atoms with E-state index in [0.717, 1.165) is 51.4 Å². The van der Waals surface area contributed by atoms with E-state index < -0.39 is 0 Å². The van der Waals surface area contributed by atoms with E-state index in [2.05, 4.69) is 4.90 Å². The molecule has 3 saturated heterocycles. The molecule has 0 aliphatic carbocycles. The number of nitrogens with zero attached hydrogens (tertiary/aromatic N) is 2. The maximum atomic E-state index is 13.1. The topological polar surface area (TPSA) is 32.8 Å². The SMILES string of the molecule is O=C1C(N2CCC3(CCOCC3)CC2)CCCN1c1ccccc1. The number of ether oxygens (including phenoxy) is 1. The van der Waals surface area contributed by atoms with E-state index in [1.165, 1.54) is 25.7 Å². The number of hydrogen-bond acceptors (Lipinski definition) is 3. The summed E-state index contributed by atoms with van der Waals surface area (Å²) in [7, 11) is 0. The molecule has 0 N–H and O–H groups in total. The number of para-hydroxylation sites is 1. The van der Waals surface area contributed by atoms with Gasteiger partial charge >= 0.3 is 0 Å². The molecule has 0 saturated carbocycles. The molecule has 0 aromatic heterocycles. The van der Waals surface area contributed by atoms with Gasteiger partial charge in [-0.1, -0.05) is 18.2 Å². The Kier molecular flexibility index (Phi) is 4.59. The van der Waals surface area contributed by atoms with E-state index in [9.17, 15) is 4.79 Å². The van der Waals surface area contributed by atoms with Gasteiger partial charge in [0.1, 0.15) is 0 Å². The molecule has 1 amide bonds. The second-order valence-electron chi connectivity index (χ2n) is 7.63. The van der Waals surface area contributed by atoms with E-state index in [-0.39, 0.29) is 6.04 Å². The summed E-state index contributed by atoms with van der Waals surface area (Å²) >= 11 is 0. The van der Waals surface area contributed by atoms with Crippen molar-refractivity contribution in [1.29, 1.82) is 0 Å². The molecular weight excluding hydrogens is 300 g/mol.